The van der Waals surface area contributed by atoms with Gasteiger partial charge in [-0.2, -0.15) is 0 Å². The van der Waals surface area contributed by atoms with Crippen molar-refractivity contribution < 1.29 is 9.21 Å². The van der Waals surface area contributed by atoms with Crippen LogP contribution in [0.3, 0.4) is 0 Å². The molecule has 0 saturated heterocycles. The molecule has 1 heterocycles. The van der Waals surface area contributed by atoms with Gasteiger partial charge in [-0.25, -0.2) is 4.98 Å². The molecule has 0 amide bonds. The van der Waals surface area contributed by atoms with Crippen molar-refractivity contribution in [2.24, 2.45) is 0 Å². The predicted octanol–water partition coefficient (Wildman–Crippen LogP) is 2.90. The summed E-state index contributed by atoms with van der Waals surface area (Å²) in [5.41, 5.74) is 0.917. The largest absolute Gasteiger partial charge is 0.437 e. The van der Waals surface area contributed by atoms with Gasteiger partial charge in [-0.15, -0.1) is 0 Å². The molecule has 1 aliphatic carbocycles. The van der Waals surface area contributed by atoms with E-state index >= 15 is 0 Å². The number of hydrogen-bond donors (Lipinski definition) is 0. The first-order chi connectivity index (χ1) is 7.16. The fraction of sp³-hybridized carbons (Fsp3) is 0.636. The Bertz CT molecular complexity index is 353. The molecule has 1 fully saturated rings. The summed E-state index contributed by atoms with van der Waals surface area (Å²) in [4.78, 5) is 15.9. The van der Waals surface area contributed by atoms with Crippen LogP contribution in [-0.4, -0.2) is 16.0 Å². The van der Waals surface area contributed by atoms with Gasteiger partial charge < -0.3 is 4.42 Å². The molecule has 1 aromatic heterocycles. The number of thioether (sulfide) groups is 1. The Morgan fingerprint density at radius 3 is 2.80 bits per heavy atom. The molecule has 1 aliphatic rings. The zero-order valence-electron chi connectivity index (χ0n) is 9.08. The first kappa shape index (κ1) is 10.7. The van der Waals surface area contributed by atoms with E-state index in [9.17, 15) is 4.79 Å². The van der Waals surface area contributed by atoms with E-state index in [0.717, 1.165) is 37.1 Å². The van der Waals surface area contributed by atoms with Crippen LogP contribution in [0.2, 0.25) is 0 Å². The molecule has 1 aromatic rings. The Balaban J connectivity index is 2.04. The number of aryl methyl sites for hydroxylation is 2. The van der Waals surface area contributed by atoms with Crippen LogP contribution in [0.1, 0.15) is 37.1 Å². The molecule has 0 radical (unpaired) electrons. The van der Waals surface area contributed by atoms with Gasteiger partial charge in [0.1, 0.15) is 11.5 Å². The van der Waals surface area contributed by atoms with Crippen molar-refractivity contribution in [1.29, 1.82) is 0 Å². The number of nitrogens with zero attached hydrogens (tertiary/aromatic N) is 1. The maximum Gasteiger partial charge on any atom is 0.256 e. The monoisotopic (exact) mass is 225 g/mol. The van der Waals surface area contributed by atoms with E-state index in [4.69, 9.17) is 4.42 Å². The highest BCUT2D eigenvalue weighted by molar-refractivity contribution is 8.00. The Kier molecular flexibility index (Phi) is 3.14. The predicted molar refractivity (Wildman–Crippen MR) is 59.1 cm³/mol. The van der Waals surface area contributed by atoms with Crippen molar-refractivity contribution in [1.82, 2.24) is 4.98 Å². The summed E-state index contributed by atoms with van der Waals surface area (Å²) in [6.45, 7) is 3.82. The summed E-state index contributed by atoms with van der Waals surface area (Å²) < 4.78 is 5.46. The van der Waals surface area contributed by atoms with Gasteiger partial charge in [0.25, 0.3) is 5.22 Å². The van der Waals surface area contributed by atoms with Crippen LogP contribution in [0.15, 0.2) is 9.64 Å². The second kappa shape index (κ2) is 4.39. The number of hydrogen-bond acceptors (Lipinski definition) is 4. The molecule has 1 atom stereocenters. The molecule has 0 bridgehead atoms. The van der Waals surface area contributed by atoms with E-state index in [1.54, 1.807) is 0 Å². The smallest absolute Gasteiger partial charge is 0.256 e. The van der Waals surface area contributed by atoms with Crippen molar-refractivity contribution in [2.45, 2.75) is 50.0 Å². The lowest BCUT2D eigenvalue weighted by molar-refractivity contribution is -0.119. The molecule has 0 spiro atoms. The molecule has 2 rings (SSSR count). The lowest BCUT2D eigenvalue weighted by atomic mass is 9.99. The van der Waals surface area contributed by atoms with Crippen LogP contribution in [-0.2, 0) is 4.79 Å². The molecule has 4 heteroatoms. The Hall–Kier alpha value is -0.770. The van der Waals surface area contributed by atoms with Gasteiger partial charge >= 0.3 is 0 Å². The van der Waals surface area contributed by atoms with Crippen molar-refractivity contribution in [3.05, 3.63) is 11.5 Å². The molecular formula is C11H15NO2S. The minimum atomic E-state index is 0.0659. The van der Waals surface area contributed by atoms with E-state index in [0.29, 0.717) is 11.0 Å². The van der Waals surface area contributed by atoms with Crippen molar-refractivity contribution in [2.75, 3.05) is 0 Å². The SMILES string of the molecule is Cc1nc(S[C@H]2CCCCC2=O)oc1C. The Labute approximate surface area is 93.6 Å². The summed E-state index contributed by atoms with van der Waals surface area (Å²) in [6, 6.07) is 0. The van der Waals surface area contributed by atoms with E-state index in [1.165, 1.54) is 11.8 Å². The summed E-state index contributed by atoms with van der Waals surface area (Å²) in [6.07, 6.45) is 3.86. The first-order valence-electron chi connectivity index (χ1n) is 5.30. The maximum atomic E-state index is 11.6. The molecule has 3 nitrogen and oxygen atoms in total. The molecule has 0 unspecified atom stereocenters. The van der Waals surface area contributed by atoms with Gasteiger partial charge in [0, 0.05) is 6.42 Å². The average molecular weight is 225 g/mol. The molecule has 0 aliphatic heterocycles. The van der Waals surface area contributed by atoms with Gasteiger partial charge in [0.15, 0.2) is 0 Å². The highest BCUT2D eigenvalue weighted by Gasteiger charge is 2.25. The third-order valence-corrected chi connectivity index (χ3v) is 3.91. The van der Waals surface area contributed by atoms with Gasteiger partial charge in [-0.05, 0) is 26.7 Å². The summed E-state index contributed by atoms with van der Waals surface area (Å²) in [7, 11) is 0. The fourth-order valence-electron chi connectivity index (χ4n) is 1.69. The second-order valence-electron chi connectivity index (χ2n) is 3.94. The number of ketones is 1. The number of oxazole rings is 1. The lowest BCUT2D eigenvalue weighted by Gasteiger charge is -2.17. The van der Waals surface area contributed by atoms with Gasteiger partial charge in [0.05, 0.1) is 10.9 Å². The number of Topliss-reactive ketones (excluding diaryl/α,β-unsaturated/α-hetero) is 1. The molecule has 0 aromatic carbocycles. The summed E-state index contributed by atoms with van der Waals surface area (Å²) in [5.74, 6) is 1.19. The van der Waals surface area contributed by atoms with E-state index in [2.05, 4.69) is 4.98 Å². The molecule has 82 valence electrons. The van der Waals surface area contributed by atoms with Crippen LogP contribution in [0.4, 0.5) is 0 Å². The van der Waals surface area contributed by atoms with E-state index in [1.807, 2.05) is 13.8 Å². The fourth-order valence-corrected chi connectivity index (χ4v) is 2.83. The van der Waals surface area contributed by atoms with Crippen molar-refractivity contribution in [3.8, 4) is 0 Å². The molecule has 15 heavy (non-hydrogen) atoms. The van der Waals surface area contributed by atoms with Crippen LogP contribution < -0.4 is 0 Å². The number of rotatable bonds is 2. The standard InChI is InChI=1S/C11H15NO2S/c1-7-8(2)14-11(12-7)15-10-6-4-3-5-9(10)13/h10H,3-6H2,1-2H3/t10-/m0/s1. The van der Waals surface area contributed by atoms with Crippen molar-refractivity contribution >= 4 is 17.5 Å². The van der Waals surface area contributed by atoms with E-state index in [-0.39, 0.29) is 5.25 Å². The number of carbonyl (C=O) groups excluding carboxylic acids is 1. The van der Waals surface area contributed by atoms with Crippen LogP contribution in [0.5, 0.6) is 0 Å². The normalized spacial score (nSPS) is 22.0. The summed E-state index contributed by atoms with van der Waals surface area (Å²) >= 11 is 1.48. The minimum absolute atomic E-state index is 0.0659. The highest BCUT2D eigenvalue weighted by Crippen LogP contribution is 2.31. The van der Waals surface area contributed by atoms with Gasteiger partial charge in [-0.3, -0.25) is 4.79 Å². The zero-order chi connectivity index (χ0) is 10.8. The average Bonchev–Trinajstić information content (AvgIpc) is 2.50. The third kappa shape index (κ3) is 2.43. The van der Waals surface area contributed by atoms with Crippen LogP contribution in [0.25, 0.3) is 0 Å². The zero-order valence-corrected chi connectivity index (χ0v) is 9.89. The maximum absolute atomic E-state index is 11.6. The quantitative estimate of drug-likeness (QED) is 0.776. The van der Waals surface area contributed by atoms with Crippen LogP contribution in [0, 0.1) is 13.8 Å². The van der Waals surface area contributed by atoms with Crippen LogP contribution >= 0.6 is 11.8 Å². The second-order valence-corrected chi connectivity index (χ2v) is 5.09. The highest BCUT2D eigenvalue weighted by atomic mass is 32.2. The molecule has 0 N–H and O–H groups in total. The topological polar surface area (TPSA) is 43.1 Å². The Morgan fingerprint density at radius 2 is 2.20 bits per heavy atom. The third-order valence-electron chi connectivity index (χ3n) is 2.75. The number of aromatic nitrogens is 1. The Morgan fingerprint density at radius 1 is 1.40 bits per heavy atom. The van der Waals surface area contributed by atoms with Gasteiger partial charge in [-0.1, -0.05) is 18.2 Å². The van der Waals surface area contributed by atoms with Gasteiger partial charge in [0.2, 0.25) is 0 Å². The minimum Gasteiger partial charge on any atom is -0.437 e. The number of carbonyl (C=O) groups is 1. The van der Waals surface area contributed by atoms with Crippen molar-refractivity contribution in [3.63, 3.8) is 0 Å². The van der Waals surface area contributed by atoms with E-state index < -0.39 is 0 Å². The lowest BCUT2D eigenvalue weighted by Crippen LogP contribution is -2.21. The molecule has 1 saturated carbocycles. The molecular weight excluding hydrogens is 210 g/mol. The first-order valence-corrected chi connectivity index (χ1v) is 6.18. The summed E-state index contributed by atoms with van der Waals surface area (Å²) in [5, 5.41) is 0.710.